The average Bonchev–Trinajstić information content (AvgIpc) is 2.55. The van der Waals surface area contributed by atoms with Crippen LogP contribution in [0.5, 0.6) is 0 Å². The number of carbonyl (C=O) groups is 2. The molecule has 0 saturated heterocycles. The van der Waals surface area contributed by atoms with Gasteiger partial charge < -0.3 is 9.64 Å². The van der Waals surface area contributed by atoms with Crippen molar-refractivity contribution in [1.82, 2.24) is 4.90 Å². The van der Waals surface area contributed by atoms with E-state index in [0.717, 1.165) is 11.1 Å². The molecule has 0 aromatic heterocycles. The first-order valence-corrected chi connectivity index (χ1v) is 8.20. The zero-order valence-electron chi connectivity index (χ0n) is 15.0. The van der Waals surface area contributed by atoms with E-state index in [4.69, 9.17) is 4.74 Å². The van der Waals surface area contributed by atoms with Crippen LogP contribution in [-0.2, 0) is 14.3 Å². The summed E-state index contributed by atoms with van der Waals surface area (Å²) in [5.74, 6) is -0.272. The van der Waals surface area contributed by atoms with E-state index in [-0.39, 0.29) is 12.5 Å². The molecule has 0 aliphatic rings. The smallest absolute Gasteiger partial charge is 0.331 e. The quantitative estimate of drug-likeness (QED) is 0.414. The molecule has 0 aliphatic heterocycles. The van der Waals surface area contributed by atoms with Gasteiger partial charge in [-0.1, -0.05) is 50.3 Å². The maximum Gasteiger partial charge on any atom is 0.331 e. The Morgan fingerprint density at radius 2 is 1.88 bits per heavy atom. The van der Waals surface area contributed by atoms with Crippen LogP contribution in [0.3, 0.4) is 0 Å². The van der Waals surface area contributed by atoms with Gasteiger partial charge in [0.1, 0.15) is 0 Å². The molecule has 1 aromatic carbocycles. The van der Waals surface area contributed by atoms with E-state index in [1.165, 1.54) is 11.6 Å². The Bertz CT molecular complexity index is 600. The molecule has 0 bridgehead atoms. The number of hydrogen-bond donors (Lipinski definition) is 0. The number of amides is 1. The second-order valence-electron chi connectivity index (χ2n) is 6.13. The maximum absolute atomic E-state index is 12.0. The summed E-state index contributed by atoms with van der Waals surface area (Å²) in [6.45, 7) is 12.6. The Labute approximate surface area is 144 Å². The summed E-state index contributed by atoms with van der Waals surface area (Å²) >= 11 is 0. The third kappa shape index (κ3) is 6.82. The Balaban J connectivity index is 2.50. The third-order valence-electron chi connectivity index (χ3n) is 3.55. The first kappa shape index (κ1) is 19.7. The normalized spacial score (nSPS) is 10.9. The van der Waals surface area contributed by atoms with Crippen molar-refractivity contribution in [3.05, 3.63) is 53.6 Å². The molecule has 0 radical (unpaired) electrons. The first-order chi connectivity index (χ1) is 11.3. The van der Waals surface area contributed by atoms with Crippen molar-refractivity contribution in [2.24, 2.45) is 0 Å². The van der Waals surface area contributed by atoms with Crippen LogP contribution in [0.1, 0.15) is 44.7 Å². The van der Waals surface area contributed by atoms with Gasteiger partial charge in [-0.3, -0.25) is 4.79 Å². The molecule has 0 atom stereocenters. The molecule has 0 fully saturated rings. The first-order valence-electron chi connectivity index (χ1n) is 8.20. The molecule has 0 heterocycles. The second-order valence-corrected chi connectivity index (χ2v) is 6.13. The molecular formula is C20H27NO3. The Morgan fingerprint density at radius 3 is 2.38 bits per heavy atom. The van der Waals surface area contributed by atoms with Gasteiger partial charge in [-0.25, -0.2) is 4.79 Å². The molecule has 0 unspecified atom stereocenters. The molecule has 0 saturated carbocycles. The van der Waals surface area contributed by atoms with Crippen LogP contribution >= 0.6 is 0 Å². The predicted molar refractivity (Wildman–Crippen MR) is 97.6 cm³/mol. The van der Waals surface area contributed by atoms with Crippen molar-refractivity contribution < 1.29 is 14.3 Å². The number of esters is 1. The van der Waals surface area contributed by atoms with Gasteiger partial charge in [-0.05, 0) is 37.0 Å². The molecule has 1 aromatic rings. The molecule has 4 heteroatoms. The van der Waals surface area contributed by atoms with Crippen LogP contribution in [0.2, 0.25) is 0 Å². The summed E-state index contributed by atoms with van der Waals surface area (Å²) in [6.07, 6.45) is 3.02. The van der Waals surface area contributed by atoms with Crippen LogP contribution in [0.4, 0.5) is 0 Å². The number of ether oxygens (including phenoxy) is 1. The average molecular weight is 329 g/mol. The Morgan fingerprint density at radius 1 is 1.25 bits per heavy atom. The summed E-state index contributed by atoms with van der Waals surface area (Å²) in [6, 6.07) is 7.98. The highest BCUT2D eigenvalue weighted by molar-refractivity contribution is 5.89. The van der Waals surface area contributed by atoms with Crippen molar-refractivity contribution in [2.45, 2.75) is 33.6 Å². The van der Waals surface area contributed by atoms with Gasteiger partial charge in [-0.2, -0.15) is 0 Å². The standard InChI is InChI=1S/C20H27NO3/c1-6-21(13-15(2)3)19(22)14-24-20(23)12-9-17-7-10-18(11-8-17)16(4)5/h7-12,16H,2,6,13-14H2,1,3-5H3/b12-9+. The molecule has 4 nitrogen and oxygen atoms in total. The predicted octanol–water partition coefficient (Wildman–Crippen LogP) is 3.79. The lowest BCUT2D eigenvalue weighted by molar-refractivity contribution is -0.147. The second kappa shape index (κ2) is 9.71. The van der Waals surface area contributed by atoms with Gasteiger partial charge in [0.25, 0.3) is 5.91 Å². The maximum atomic E-state index is 12.0. The van der Waals surface area contributed by atoms with Gasteiger partial charge in [0.05, 0.1) is 0 Å². The van der Waals surface area contributed by atoms with E-state index in [1.54, 1.807) is 11.0 Å². The fourth-order valence-corrected chi connectivity index (χ4v) is 2.13. The molecule has 0 aliphatic carbocycles. The largest absolute Gasteiger partial charge is 0.452 e. The van der Waals surface area contributed by atoms with Crippen LogP contribution in [0, 0.1) is 0 Å². The highest BCUT2D eigenvalue weighted by atomic mass is 16.5. The lowest BCUT2D eigenvalue weighted by atomic mass is 10.0. The van der Waals surface area contributed by atoms with E-state index in [2.05, 4.69) is 20.4 Å². The molecule has 1 rings (SSSR count). The minimum absolute atomic E-state index is 0.219. The van der Waals surface area contributed by atoms with Crippen LogP contribution < -0.4 is 0 Å². The number of nitrogens with zero attached hydrogens (tertiary/aromatic N) is 1. The Hall–Kier alpha value is -2.36. The molecular weight excluding hydrogens is 302 g/mol. The van der Waals surface area contributed by atoms with Gasteiger partial charge in [0.15, 0.2) is 6.61 Å². The van der Waals surface area contributed by atoms with Gasteiger partial charge in [0.2, 0.25) is 0 Å². The summed E-state index contributed by atoms with van der Waals surface area (Å²) in [7, 11) is 0. The summed E-state index contributed by atoms with van der Waals surface area (Å²) in [5.41, 5.74) is 3.05. The third-order valence-corrected chi connectivity index (χ3v) is 3.55. The van der Waals surface area contributed by atoms with Crippen molar-refractivity contribution in [1.29, 1.82) is 0 Å². The molecule has 0 spiro atoms. The van der Waals surface area contributed by atoms with Crippen LogP contribution in [0.25, 0.3) is 6.08 Å². The fraction of sp³-hybridized carbons (Fsp3) is 0.400. The van der Waals surface area contributed by atoms with E-state index in [0.29, 0.717) is 19.0 Å². The van der Waals surface area contributed by atoms with Crippen molar-refractivity contribution in [3.8, 4) is 0 Å². The van der Waals surface area contributed by atoms with Gasteiger partial charge >= 0.3 is 5.97 Å². The molecule has 0 N–H and O–H groups in total. The SMILES string of the molecule is C=C(C)CN(CC)C(=O)COC(=O)/C=C/c1ccc(C(C)C)cc1. The molecule has 1 amide bonds. The Kier molecular flexibility index (Phi) is 7.96. The molecule has 130 valence electrons. The lowest BCUT2D eigenvalue weighted by Crippen LogP contribution is -2.35. The highest BCUT2D eigenvalue weighted by Gasteiger charge is 2.13. The summed E-state index contributed by atoms with van der Waals surface area (Å²) in [5, 5.41) is 0. The highest BCUT2D eigenvalue weighted by Crippen LogP contribution is 2.15. The van der Waals surface area contributed by atoms with E-state index >= 15 is 0 Å². The van der Waals surface area contributed by atoms with Crippen molar-refractivity contribution in [2.75, 3.05) is 19.7 Å². The minimum atomic E-state index is -0.525. The van der Waals surface area contributed by atoms with Crippen LogP contribution in [-0.4, -0.2) is 36.5 Å². The van der Waals surface area contributed by atoms with Gasteiger partial charge in [0, 0.05) is 19.2 Å². The summed E-state index contributed by atoms with van der Waals surface area (Å²) in [4.78, 5) is 25.3. The zero-order chi connectivity index (χ0) is 18.1. The summed E-state index contributed by atoms with van der Waals surface area (Å²) < 4.78 is 5.01. The van der Waals surface area contributed by atoms with E-state index in [1.807, 2.05) is 38.1 Å². The number of carbonyl (C=O) groups excluding carboxylic acids is 2. The number of likely N-dealkylation sites (N-methyl/N-ethyl adjacent to an activating group) is 1. The monoisotopic (exact) mass is 329 g/mol. The number of rotatable bonds is 8. The van der Waals surface area contributed by atoms with Crippen LogP contribution in [0.15, 0.2) is 42.5 Å². The minimum Gasteiger partial charge on any atom is -0.452 e. The van der Waals surface area contributed by atoms with E-state index < -0.39 is 5.97 Å². The van der Waals surface area contributed by atoms with E-state index in [9.17, 15) is 9.59 Å². The fourth-order valence-electron chi connectivity index (χ4n) is 2.13. The topological polar surface area (TPSA) is 46.6 Å². The molecule has 24 heavy (non-hydrogen) atoms. The van der Waals surface area contributed by atoms with Gasteiger partial charge in [-0.15, -0.1) is 0 Å². The lowest BCUT2D eigenvalue weighted by Gasteiger charge is -2.20. The van der Waals surface area contributed by atoms with Crippen molar-refractivity contribution in [3.63, 3.8) is 0 Å². The van der Waals surface area contributed by atoms with Crippen molar-refractivity contribution >= 4 is 18.0 Å². The number of benzene rings is 1. The zero-order valence-corrected chi connectivity index (χ0v) is 15.0. The number of hydrogen-bond acceptors (Lipinski definition) is 3.